The zero-order valence-corrected chi connectivity index (χ0v) is 13.0. The number of hydrogen-bond acceptors (Lipinski definition) is 2. The standard InChI is InChI=1S/C14H13BrFNOS/c1-9(12-7-4-8-19-12)17(2)14(18)13-10(15)5-3-6-11(13)16/h3-9H,1-2H3. The molecule has 0 N–H and O–H groups in total. The molecule has 1 unspecified atom stereocenters. The minimum atomic E-state index is -0.510. The summed E-state index contributed by atoms with van der Waals surface area (Å²) in [4.78, 5) is 15.0. The highest BCUT2D eigenvalue weighted by molar-refractivity contribution is 9.10. The Kier molecular flexibility index (Phi) is 4.37. The normalized spacial score (nSPS) is 12.2. The predicted octanol–water partition coefficient (Wildman–Crippen LogP) is 4.48. The van der Waals surface area contributed by atoms with Crippen LogP contribution in [-0.2, 0) is 0 Å². The van der Waals surface area contributed by atoms with Crippen LogP contribution in [0.5, 0.6) is 0 Å². The minimum Gasteiger partial charge on any atom is -0.334 e. The van der Waals surface area contributed by atoms with E-state index in [1.807, 2.05) is 24.4 Å². The van der Waals surface area contributed by atoms with Gasteiger partial charge in [-0.1, -0.05) is 12.1 Å². The first-order chi connectivity index (χ1) is 9.02. The van der Waals surface area contributed by atoms with Crippen LogP contribution >= 0.6 is 27.3 Å². The Balaban J connectivity index is 2.29. The van der Waals surface area contributed by atoms with Gasteiger partial charge < -0.3 is 4.90 Å². The quantitative estimate of drug-likeness (QED) is 0.805. The van der Waals surface area contributed by atoms with Gasteiger partial charge in [0.1, 0.15) is 5.82 Å². The van der Waals surface area contributed by atoms with Crippen molar-refractivity contribution in [1.82, 2.24) is 4.90 Å². The molecule has 1 aromatic carbocycles. The molecule has 0 saturated carbocycles. The van der Waals surface area contributed by atoms with Crippen molar-refractivity contribution < 1.29 is 9.18 Å². The Morgan fingerprint density at radius 2 is 2.11 bits per heavy atom. The highest BCUT2D eigenvalue weighted by Crippen LogP contribution is 2.27. The Morgan fingerprint density at radius 1 is 1.37 bits per heavy atom. The van der Waals surface area contributed by atoms with Gasteiger partial charge in [-0.05, 0) is 46.4 Å². The summed E-state index contributed by atoms with van der Waals surface area (Å²) in [6.07, 6.45) is 0. The number of nitrogens with zero attached hydrogens (tertiary/aromatic N) is 1. The molecule has 0 spiro atoms. The van der Waals surface area contributed by atoms with Crippen LogP contribution in [0.2, 0.25) is 0 Å². The smallest absolute Gasteiger partial charge is 0.258 e. The van der Waals surface area contributed by atoms with Crippen LogP contribution in [0.4, 0.5) is 4.39 Å². The SMILES string of the molecule is CC(c1cccs1)N(C)C(=O)c1c(F)cccc1Br. The van der Waals surface area contributed by atoms with E-state index in [9.17, 15) is 9.18 Å². The van der Waals surface area contributed by atoms with Crippen molar-refractivity contribution in [3.05, 3.63) is 56.4 Å². The topological polar surface area (TPSA) is 20.3 Å². The number of thiophene rings is 1. The van der Waals surface area contributed by atoms with Crippen molar-refractivity contribution in [3.63, 3.8) is 0 Å². The first kappa shape index (κ1) is 14.2. The van der Waals surface area contributed by atoms with Gasteiger partial charge in [-0.15, -0.1) is 11.3 Å². The molecule has 0 radical (unpaired) electrons. The van der Waals surface area contributed by atoms with Gasteiger partial charge in [0.2, 0.25) is 0 Å². The second-order valence-electron chi connectivity index (χ2n) is 4.20. The van der Waals surface area contributed by atoms with E-state index in [1.165, 1.54) is 6.07 Å². The Bertz CT molecular complexity index is 565. The van der Waals surface area contributed by atoms with Gasteiger partial charge >= 0.3 is 0 Å². The maximum atomic E-state index is 13.8. The summed E-state index contributed by atoms with van der Waals surface area (Å²) < 4.78 is 14.3. The van der Waals surface area contributed by atoms with Crippen molar-refractivity contribution in [2.45, 2.75) is 13.0 Å². The van der Waals surface area contributed by atoms with Crippen molar-refractivity contribution in [2.75, 3.05) is 7.05 Å². The summed E-state index contributed by atoms with van der Waals surface area (Å²) in [6, 6.07) is 8.35. The fourth-order valence-corrected chi connectivity index (χ4v) is 3.11. The third-order valence-electron chi connectivity index (χ3n) is 3.03. The lowest BCUT2D eigenvalue weighted by molar-refractivity contribution is 0.0739. The molecular weight excluding hydrogens is 329 g/mol. The van der Waals surface area contributed by atoms with E-state index >= 15 is 0 Å². The number of halogens is 2. The minimum absolute atomic E-state index is 0.0772. The molecule has 2 aromatic rings. The highest BCUT2D eigenvalue weighted by atomic mass is 79.9. The van der Waals surface area contributed by atoms with Crippen molar-refractivity contribution >= 4 is 33.2 Å². The Labute approximate surface area is 124 Å². The largest absolute Gasteiger partial charge is 0.334 e. The molecule has 1 heterocycles. The van der Waals surface area contributed by atoms with E-state index in [0.717, 1.165) is 4.88 Å². The third kappa shape index (κ3) is 2.87. The fourth-order valence-electron chi connectivity index (χ4n) is 1.77. The molecule has 1 atom stereocenters. The number of benzene rings is 1. The van der Waals surface area contributed by atoms with Crippen molar-refractivity contribution in [2.24, 2.45) is 0 Å². The second-order valence-corrected chi connectivity index (χ2v) is 6.04. The van der Waals surface area contributed by atoms with Gasteiger partial charge in [-0.3, -0.25) is 4.79 Å². The summed E-state index contributed by atoms with van der Waals surface area (Å²) in [5, 5.41) is 1.96. The van der Waals surface area contributed by atoms with Gasteiger partial charge in [-0.2, -0.15) is 0 Å². The number of carbonyl (C=O) groups is 1. The molecule has 2 nitrogen and oxygen atoms in total. The molecule has 0 aliphatic carbocycles. The van der Waals surface area contributed by atoms with Crippen LogP contribution in [0.3, 0.4) is 0 Å². The van der Waals surface area contributed by atoms with E-state index in [1.54, 1.807) is 35.4 Å². The second kappa shape index (κ2) is 5.84. The van der Waals surface area contributed by atoms with E-state index in [-0.39, 0.29) is 17.5 Å². The molecular formula is C14H13BrFNOS. The van der Waals surface area contributed by atoms with E-state index < -0.39 is 5.82 Å². The molecule has 0 aliphatic heterocycles. The van der Waals surface area contributed by atoms with E-state index in [4.69, 9.17) is 0 Å². The monoisotopic (exact) mass is 341 g/mol. The lowest BCUT2D eigenvalue weighted by atomic mass is 10.1. The average Bonchev–Trinajstić information content (AvgIpc) is 2.90. The predicted molar refractivity (Wildman–Crippen MR) is 78.9 cm³/mol. The Hall–Kier alpha value is -1.20. The first-order valence-electron chi connectivity index (χ1n) is 5.77. The molecule has 100 valence electrons. The summed E-state index contributed by atoms with van der Waals surface area (Å²) >= 11 is 4.81. The fraction of sp³-hybridized carbons (Fsp3) is 0.214. The number of amides is 1. The van der Waals surface area contributed by atoms with Crippen molar-refractivity contribution in [3.8, 4) is 0 Å². The molecule has 19 heavy (non-hydrogen) atoms. The molecule has 2 rings (SSSR count). The highest BCUT2D eigenvalue weighted by Gasteiger charge is 2.23. The molecule has 1 aromatic heterocycles. The molecule has 5 heteroatoms. The zero-order chi connectivity index (χ0) is 14.0. The summed E-state index contributed by atoms with van der Waals surface area (Å²) in [5.41, 5.74) is 0.0772. The summed E-state index contributed by atoms with van der Waals surface area (Å²) in [6.45, 7) is 1.93. The van der Waals surface area contributed by atoms with Gasteiger partial charge in [0.05, 0.1) is 11.6 Å². The van der Waals surface area contributed by atoms with Crippen LogP contribution < -0.4 is 0 Å². The lowest BCUT2D eigenvalue weighted by Gasteiger charge is -2.24. The average molecular weight is 342 g/mol. The number of carbonyl (C=O) groups excluding carboxylic acids is 1. The third-order valence-corrected chi connectivity index (χ3v) is 4.74. The van der Waals surface area contributed by atoms with Crippen LogP contribution in [0.25, 0.3) is 0 Å². The zero-order valence-electron chi connectivity index (χ0n) is 10.6. The lowest BCUT2D eigenvalue weighted by Crippen LogP contribution is -2.30. The van der Waals surface area contributed by atoms with E-state index in [2.05, 4.69) is 15.9 Å². The maximum Gasteiger partial charge on any atom is 0.258 e. The molecule has 0 saturated heterocycles. The first-order valence-corrected chi connectivity index (χ1v) is 7.44. The van der Waals surface area contributed by atoms with Gasteiger partial charge in [0.25, 0.3) is 5.91 Å². The van der Waals surface area contributed by atoms with Gasteiger partial charge in [0, 0.05) is 16.4 Å². The van der Waals surface area contributed by atoms with Gasteiger partial charge in [0.15, 0.2) is 0 Å². The van der Waals surface area contributed by atoms with Crippen LogP contribution in [0, 0.1) is 5.82 Å². The molecule has 0 aliphatic rings. The number of hydrogen-bond donors (Lipinski definition) is 0. The van der Waals surface area contributed by atoms with Crippen LogP contribution in [-0.4, -0.2) is 17.9 Å². The van der Waals surface area contributed by atoms with Crippen LogP contribution in [0.1, 0.15) is 28.2 Å². The molecule has 1 amide bonds. The van der Waals surface area contributed by atoms with Crippen LogP contribution in [0.15, 0.2) is 40.2 Å². The summed E-state index contributed by atoms with van der Waals surface area (Å²) in [5.74, 6) is -0.838. The molecule has 0 fully saturated rings. The Morgan fingerprint density at radius 3 is 2.68 bits per heavy atom. The summed E-state index contributed by atoms with van der Waals surface area (Å²) in [7, 11) is 1.69. The number of rotatable bonds is 3. The molecule has 0 bridgehead atoms. The maximum absolute atomic E-state index is 13.8. The van der Waals surface area contributed by atoms with E-state index in [0.29, 0.717) is 4.47 Å². The van der Waals surface area contributed by atoms with Crippen molar-refractivity contribution in [1.29, 1.82) is 0 Å². The van der Waals surface area contributed by atoms with Gasteiger partial charge in [-0.25, -0.2) is 4.39 Å².